The number of hydrogen-bond donors (Lipinski definition) is 0. The molecule has 0 saturated carbocycles. The van der Waals surface area contributed by atoms with Gasteiger partial charge in [0, 0.05) is 28.5 Å². The van der Waals surface area contributed by atoms with E-state index in [1.54, 1.807) is 36.5 Å². The third-order valence-electron chi connectivity index (χ3n) is 3.74. The maximum atomic E-state index is 11.6. The Morgan fingerprint density at radius 3 is 2.50 bits per heavy atom. The van der Waals surface area contributed by atoms with Crippen molar-refractivity contribution in [2.24, 2.45) is 0 Å². The fraction of sp³-hybridized carbons (Fsp3) is 0.0455. The highest BCUT2D eigenvalue weighted by molar-refractivity contribution is 5.90. The van der Waals surface area contributed by atoms with Gasteiger partial charge < -0.3 is 4.74 Å². The van der Waals surface area contributed by atoms with Crippen molar-refractivity contribution < 1.29 is 14.3 Å². The third kappa shape index (κ3) is 4.03. The predicted molar refractivity (Wildman–Crippen MR) is 98.8 cm³/mol. The molecular weight excluding hydrogens is 326 g/mol. The number of benzene rings is 2. The van der Waals surface area contributed by atoms with Crippen LogP contribution in [-0.4, -0.2) is 24.3 Å². The second-order valence-electron chi connectivity index (χ2n) is 5.49. The van der Waals surface area contributed by atoms with Crippen LogP contribution in [0.5, 0.6) is 0 Å². The lowest BCUT2D eigenvalue weighted by Crippen LogP contribution is -2.01. The summed E-state index contributed by atoms with van der Waals surface area (Å²) in [6, 6.07) is 18.0. The number of pyridine rings is 1. The molecule has 4 heteroatoms. The molecule has 0 spiro atoms. The monoisotopic (exact) mass is 341 g/mol. The van der Waals surface area contributed by atoms with Crippen molar-refractivity contribution in [3.63, 3.8) is 0 Å². The summed E-state index contributed by atoms with van der Waals surface area (Å²) in [6.45, 7) is 0. The molecule has 1 aromatic heterocycles. The number of nitrogens with zero attached hydrogens (tertiary/aromatic N) is 1. The molecule has 0 radical (unpaired) electrons. The lowest BCUT2D eigenvalue weighted by atomic mass is 10.1. The second kappa shape index (κ2) is 7.91. The molecule has 126 valence electrons. The summed E-state index contributed by atoms with van der Waals surface area (Å²) >= 11 is 0. The van der Waals surface area contributed by atoms with Crippen LogP contribution >= 0.6 is 0 Å². The van der Waals surface area contributed by atoms with E-state index in [1.807, 2.05) is 30.3 Å². The molecule has 0 atom stereocenters. The molecule has 1 heterocycles. The third-order valence-corrected chi connectivity index (χ3v) is 3.74. The summed E-state index contributed by atoms with van der Waals surface area (Å²) in [5.41, 5.74) is 4.25. The summed E-state index contributed by atoms with van der Waals surface area (Å²) in [5.74, 6) is 5.72. The minimum atomic E-state index is -0.395. The number of aromatic nitrogens is 1. The van der Waals surface area contributed by atoms with E-state index in [0.29, 0.717) is 16.8 Å². The Morgan fingerprint density at radius 1 is 1.00 bits per heavy atom. The van der Waals surface area contributed by atoms with Gasteiger partial charge in [0.25, 0.3) is 0 Å². The average Bonchev–Trinajstić information content (AvgIpc) is 2.72. The Labute approximate surface area is 151 Å². The number of rotatable bonds is 3. The maximum Gasteiger partial charge on any atom is 0.337 e. The molecule has 0 aliphatic carbocycles. The molecule has 0 N–H and O–H groups in total. The molecule has 0 aliphatic heterocycles. The molecule has 0 unspecified atom stereocenters. The van der Waals surface area contributed by atoms with Gasteiger partial charge in [-0.15, -0.1) is 0 Å². The second-order valence-corrected chi connectivity index (χ2v) is 5.49. The number of carbonyl (C=O) groups is 2. The van der Waals surface area contributed by atoms with Crippen molar-refractivity contribution in [2.45, 2.75) is 0 Å². The van der Waals surface area contributed by atoms with Crippen LogP contribution in [0.1, 0.15) is 31.8 Å². The Kier molecular flexibility index (Phi) is 5.21. The first-order valence-corrected chi connectivity index (χ1v) is 7.91. The van der Waals surface area contributed by atoms with Gasteiger partial charge in [0.2, 0.25) is 0 Å². The van der Waals surface area contributed by atoms with Gasteiger partial charge in [-0.25, -0.2) is 4.79 Å². The van der Waals surface area contributed by atoms with Crippen molar-refractivity contribution in [1.29, 1.82) is 0 Å². The molecule has 0 aliphatic rings. The minimum absolute atomic E-state index is 0.395. The van der Waals surface area contributed by atoms with Gasteiger partial charge in [0.05, 0.1) is 18.4 Å². The Bertz CT molecular complexity index is 1010. The fourth-order valence-corrected chi connectivity index (χ4v) is 2.39. The van der Waals surface area contributed by atoms with Crippen LogP contribution < -0.4 is 0 Å². The largest absolute Gasteiger partial charge is 0.465 e. The summed E-state index contributed by atoms with van der Waals surface area (Å²) in [7, 11) is 1.35. The zero-order valence-corrected chi connectivity index (χ0v) is 14.1. The van der Waals surface area contributed by atoms with E-state index < -0.39 is 5.97 Å². The van der Waals surface area contributed by atoms with E-state index in [9.17, 15) is 9.59 Å². The standard InChI is InChI=1S/C22H15NO3/c1-26-22(25)20-11-12-23-21(14-20)19-9-7-16(8-10-19)5-6-17-3-2-4-18(13-17)15-24/h2-4,7-15H,1H3. The van der Waals surface area contributed by atoms with Gasteiger partial charge >= 0.3 is 5.97 Å². The van der Waals surface area contributed by atoms with Gasteiger partial charge in [-0.2, -0.15) is 0 Å². The maximum absolute atomic E-state index is 11.6. The molecular formula is C22H15NO3. The zero-order valence-electron chi connectivity index (χ0n) is 14.1. The van der Waals surface area contributed by atoms with E-state index in [1.165, 1.54) is 7.11 Å². The van der Waals surface area contributed by atoms with Crippen molar-refractivity contribution in [2.75, 3.05) is 7.11 Å². The van der Waals surface area contributed by atoms with Gasteiger partial charge in [-0.3, -0.25) is 9.78 Å². The molecule has 26 heavy (non-hydrogen) atoms. The number of methoxy groups -OCH3 is 1. The molecule has 0 amide bonds. The van der Waals surface area contributed by atoms with Gasteiger partial charge in [0.1, 0.15) is 6.29 Å². The zero-order chi connectivity index (χ0) is 18.4. The van der Waals surface area contributed by atoms with Crippen LogP contribution in [0.3, 0.4) is 0 Å². The van der Waals surface area contributed by atoms with Crippen LogP contribution in [0.2, 0.25) is 0 Å². The molecule has 3 aromatic rings. The summed E-state index contributed by atoms with van der Waals surface area (Å²) < 4.78 is 4.73. The minimum Gasteiger partial charge on any atom is -0.465 e. The van der Waals surface area contributed by atoms with Crippen LogP contribution in [0.25, 0.3) is 11.3 Å². The Hall–Kier alpha value is -3.71. The number of esters is 1. The molecule has 0 fully saturated rings. The highest BCUT2D eigenvalue weighted by Gasteiger charge is 2.07. The fourth-order valence-electron chi connectivity index (χ4n) is 2.39. The predicted octanol–water partition coefficient (Wildman–Crippen LogP) is 3.75. The van der Waals surface area contributed by atoms with Crippen molar-refractivity contribution >= 4 is 12.3 Å². The van der Waals surface area contributed by atoms with E-state index in [0.717, 1.165) is 23.0 Å². The average molecular weight is 341 g/mol. The normalized spacial score (nSPS) is 9.73. The molecule has 3 rings (SSSR count). The van der Waals surface area contributed by atoms with E-state index in [-0.39, 0.29) is 0 Å². The molecule has 2 aromatic carbocycles. The van der Waals surface area contributed by atoms with E-state index >= 15 is 0 Å². The van der Waals surface area contributed by atoms with Crippen molar-refractivity contribution in [3.8, 4) is 23.1 Å². The number of aldehydes is 1. The Balaban J connectivity index is 1.82. The summed E-state index contributed by atoms with van der Waals surface area (Å²) in [5, 5.41) is 0. The lowest BCUT2D eigenvalue weighted by Gasteiger charge is -2.03. The SMILES string of the molecule is COC(=O)c1ccnc(-c2ccc(C#Cc3cccc(C=O)c3)cc2)c1. The number of hydrogen-bond acceptors (Lipinski definition) is 4. The van der Waals surface area contributed by atoms with Gasteiger partial charge in [0.15, 0.2) is 0 Å². The summed E-state index contributed by atoms with van der Waals surface area (Å²) in [4.78, 5) is 26.7. The number of ether oxygens (including phenoxy) is 1. The van der Waals surface area contributed by atoms with E-state index in [4.69, 9.17) is 4.74 Å². The molecule has 4 nitrogen and oxygen atoms in total. The van der Waals surface area contributed by atoms with Crippen molar-refractivity contribution in [1.82, 2.24) is 4.98 Å². The van der Waals surface area contributed by atoms with Crippen molar-refractivity contribution in [3.05, 3.63) is 89.1 Å². The summed E-state index contributed by atoms with van der Waals surface area (Å²) in [6.07, 6.45) is 2.38. The van der Waals surface area contributed by atoms with E-state index in [2.05, 4.69) is 16.8 Å². The quantitative estimate of drug-likeness (QED) is 0.414. The highest BCUT2D eigenvalue weighted by Crippen LogP contribution is 2.19. The highest BCUT2D eigenvalue weighted by atomic mass is 16.5. The lowest BCUT2D eigenvalue weighted by molar-refractivity contribution is 0.0600. The first-order chi connectivity index (χ1) is 12.7. The van der Waals surface area contributed by atoms with Gasteiger partial charge in [-0.1, -0.05) is 36.1 Å². The van der Waals surface area contributed by atoms with Crippen LogP contribution in [-0.2, 0) is 4.74 Å². The molecule has 0 bridgehead atoms. The molecule has 0 saturated heterocycles. The Morgan fingerprint density at radius 2 is 1.77 bits per heavy atom. The van der Waals surface area contributed by atoms with Crippen LogP contribution in [0.4, 0.5) is 0 Å². The van der Waals surface area contributed by atoms with Gasteiger partial charge in [-0.05, 0) is 36.4 Å². The first kappa shape index (κ1) is 17.1. The number of carbonyl (C=O) groups excluding carboxylic acids is 2. The van der Waals surface area contributed by atoms with Crippen LogP contribution in [0, 0.1) is 11.8 Å². The smallest absolute Gasteiger partial charge is 0.337 e. The topological polar surface area (TPSA) is 56.3 Å². The van der Waals surface area contributed by atoms with Crippen LogP contribution in [0.15, 0.2) is 66.9 Å². The first-order valence-electron chi connectivity index (χ1n) is 7.91.